The first-order valence-corrected chi connectivity index (χ1v) is 9.69. The minimum Gasteiger partial charge on any atom is -0.308 e. The highest BCUT2D eigenvalue weighted by Crippen LogP contribution is 2.66. The Morgan fingerprint density at radius 2 is 1.72 bits per heavy atom. The molecule has 2 bridgehead atoms. The van der Waals surface area contributed by atoms with Crippen molar-refractivity contribution < 1.29 is 13.6 Å². The summed E-state index contributed by atoms with van der Waals surface area (Å²) in [7, 11) is 0. The minimum absolute atomic E-state index is 0.0646. The fourth-order valence-corrected chi connectivity index (χ4v) is 6.20. The Labute approximate surface area is 115 Å². The highest BCUT2D eigenvalue weighted by molar-refractivity contribution is 8.07. The SMILES string of the molecule is CC(C)C1OP2(=S)OCC1(C1CCCCC1)CO2. The first kappa shape index (κ1) is 13.5. The molecule has 4 fully saturated rings. The molecule has 104 valence electrons. The second kappa shape index (κ2) is 4.82. The highest BCUT2D eigenvalue weighted by Gasteiger charge is 2.58. The van der Waals surface area contributed by atoms with Gasteiger partial charge in [-0.25, -0.2) is 0 Å². The first-order valence-electron chi connectivity index (χ1n) is 7.13. The average molecular weight is 290 g/mol. The van der Waals surface area contributed by atoms with Crippen LogP contribution in [0.2, 0.25) is 0 Å². The van der Waals surface area contributed by atoms with E-state index in [-0.39, 0.29) is 11.5 Å². The van der Waals surface area contributed by atoms with Gasteiger partial charge in [-0.05, 0) is 36.5 Å². The average Bonchev–Trinajstić information content (AvgIpc) is 2.40. The number of fused-ring (bicyclic) bond motifs is 3. The van der Waals surface area contributed by atoms with Crippen molar-refractivity contribution in [3.8, 4) is 0 Å². The first-order chi connectivity index (χ1) is 8.56. The van der Waals surface area contributed by atoms with Crippen LogP contribution in [0, 0.1) is 17.3 Å². The van der Waals surface area contributed by atoms with E-state index in [1.165, 1.54) is 32.1 Å². The lowest BCUT2D eigenvalue weighted by Crippen LogP contribution is -2.57. The van der Waals surface area contributed by atoms with Crippen molar-refractivity contribution in [1.29, 1.82) is 0 Å². The van der Waals surface area contributed by atoms with Crippen LogP contribution in [-0.2, 0) is 25.4 Å². The van der Waals surface area contributed by atoms with Crippen molar-refractivity contribution >= 4 is 18.5 Å². The van der Waals surface area contributed by atoms with Gasteiger partial charge in [-0.15, -0.1) is 0 Å². The van der Waals surface area contributed by atoms with Gasteiger partial charge in [-0.3, -0.25) is 0 Å². The smallest absolute Gasteiger partial charge is 0.308 e. The Morgan fingerprint density at radius 1 is 1.11 bits per heavy atom. The molecule has 0 aromatic rings. The van der Waals surface area contributed by atoms with Crippen LogP contribution >= 0.6 is 6.72 Å². The summed E-state index contributed by atoms with van der Waals surface area (Å²) in [5, 5.41) is 0. The van der Waals surface area contributed by atoms with Crippen LogP contribution in [0.4, 0.5) is 0 Å². The Balaban J connectivity index is 1.89. The molecule has 1 atom stereocenters. The molecule has 1 unspecified atom stereocenters. The summed E-state index contributed by atoms with van der Waals surface area (Å²) >= 11 is 5.38. The zero-order valence-corrected chi connectivity index (χ0v) is 13.0. The van der Waals surface area contributed by atoms with Gasteiger partial charge in [-0.1, -0.05) is 33.1 Å². The van der Waals surface area contributed by atoms with Crippen molar-refractivity contribution in [3.05, 3.63) is 0 Å². The predicted molar refractivity (Wildman–Crippen MR) is 74.9 cm³/mol. The quantitative estimate of drug-likeness (QED) is 0.721. The zero-order valence-electron chi connectivity index (χ0n) is 11.3. The van der Waals surface area contributed by atoms with E-state index in [0.29, 0.717) is 11.8 Å². The molecule has 0 radical (unpaired) electrons. The van der Waals surface area contributed by atoms with Gasteiger partial charge in [-0.2, -0.15) is 0 Å². The van der Waals surface area contributed by atoms with Gasteiger partial charge in [0, 0.05) is 5.41 Å². The molecule has 0 N–H and O–H groups in total. The maximum atomic E-state index is 6.07. The fraction of sp³-hybridized carbons (Fsp3) is 1.00. The second-order valence-electron chi connectivity index (χ2n) is 6.33. The fourth-order valence-electron chi connectivity index (χ4n) is 3.88. The van der Waals surface area contributed by atoms with Crippen LogP contribution in [0.5, 0.6) is 0 Å². The van der Waals surface area contributed by atoms with Crippen LogP contribution in [-0.4, -0.2) is 19.3 Å². The molecule has 0 amide bonds. The van der Waals surface area contributed by atoms with E-state index in [1.54, 1.807) is 0 Å². The molecular weight excluding hydrogens is 267 g/mol. The molecule has 1 aliphatic carbocycles. The van der Waals surface area contributed by atoms with E-state index in [1.807, 2.05) is 0 Å². The molecule has 4 aliphatic rings. The molecule has 0 aromatic carbocycles. The van der Waals surface area contributed by atoms with Crippen LogP contribution in [0.25, 0.3) is 0 Å². The van der Waals surface area contributed by atoms with Crippen LogP contribution < -0.4 is 0 Å². The molecular formula is C13H23O3PS. The van der Waals surface area contributed by atoms with Crippen molar-refractivity contribution in [2.24, 2.45) is 17.3 Å². The van der Waals surface area contributed by atoms with Crippen molar-refractivity contribution in [2.75, 3.05) is 13.2 Å². The van der Waals surface area contributed by atoms with E-state index < -0.39 is 6.72 Å². The standard InChI is InChI=1S/C13H23O3PS/c1-10(2)12-13(11-6-4-3-5-7-11)8-14-17(18,16-12)15-9-13/h10-12H,3-9H2,1-2H3. The molecule has 0 aromatic heterocycles. The largest absolute Gasteiger partial charge is 0.327 e. The summed E-state index contributed by atoms with van der Waals surface area (Å²) in [6.07, 6.45) is 6.87. The molecule has 5 heteroatoms. The topological polar surface area (TPSA) is 27.7 Å². The third-order valence-corrected chi connectivity index (χ3v) is 7.08. The molecule has 1 saturated carbocycles. The molecule has 3 aliphatic heterocycles. The summed E-state index contributed by atoms with van der Waals surface area (Å²) in [6.45, 7) is 3.59. The Bertz CT molecular complexity index is 353. The van der Waals surface area contributed by atoms with E-state index >= 15 is 0 Å². The summed E-state index contributed by atoms with van der Waals surface area (Å²) in [5.41, 5.74) is 0.0646. The Morgan fingerprint density at radius 3 is 2.28 bits per heavy atom. The van der Waals surface area contributed by atoms with E-state index in [0.717, 1.165) is 13.2 Å². The van der Waals surface area contributed by atoms with Gasteiger partial charge in [0.2, 0.25) is 0 Å². The second-order valence-corrected chi connectivity index (χ2v) is 9.30. The number of hydrogen-bond donors (Lipinski definition) is 0. The van der Waals surface area contributed by atoms with E-state index in [9.17, 15) is 0 Å². The van der Waals surface area contributed by atoms with Gasteiger partial charge in [0.25, 0.3) is 0 Å². The molecule has 3 saturated heterocycles. The monoisotopic (exact) mass is 290 g/mol. The lowest BCUT2D eigenvalue weighted by molar-refractivity contribution is -0.170. The maximum Gasteiger partial charge on any atom is 0.327 e. The van der Waals surface area contributed by atoms with Gasteiger partial charge >= 0.3 is 6.72 Å². The summed E-state index contributed by atoms with van der Waals surface area (Å²) in [5.74, 6) is 1.17. The van der Waals surface area contributed by atoms with Crippen molar-refractivity contribution in [1.82, 2.24) is 0 Å². The highest BCUT2D eigenvalue weighted by atomic mass is 32.5. The zero-order chi connectivity index (χ0) is 12.8. The maximum absolute atomic E-state index is 6.07. The summed E-state index contributed by atoms with van der Waals surface area (Å²) in [6, 6.07) is 0. The summed E-state index contributed by atoms with van der Waals surface area (Å²) < 4.78 is 17.6. The van der Waals surface area contributed by atoms with Gasteiger partial charge in [0.1, 0.15) is 0 Å². The van der Waals surface area contributed by atoms with Gasteiger partial charge in [0.05, 0.1) is 19.3 Å². The van der Waals surface area contributed by atoms with E-state index in [2.05, 4.69) is 13.8 Å². The number of rotatable bonds is 2. The van der Waals surface area contributed by atoms with Crippen molar-refractivity contribution in [2.45, 2.75) is 52.1 Å². The molecule has 3 nitrogen and oxygen atoms in total. The molecule has 3 heterocycles. The van der Waals surface area contributed by atoms with Crippen LogP contribution in [0.1, 0.15) is 46.0 Å². The molecule has 0 spiro atoms. The van der Waals surface area contributed by atoms with Crippen molar-refractivity contribution in [3.63, 3.8) is 0 Å². The van der Waals surface area contributed by atoms with Gasteiger partial charge in [0.15, 0.2) is 0 Å². The predicted octanol–water partition coefficient (Wildman–Crippen LogP) is 3.88. The third kappa shape index (κ3) is 2.10. The lowest BCUT2D eigenvalue weighted by Gasteiger charge is -2.57. The summed E-state index contributed by atoms with van der Waals surface area (Å²) in [4.78, 5) is 0. The molecule has 18 heavy (non-hydrogen) atoms. The minimum atomic E-state index is -2.40. The third-order valence-electron chi connectivity index (χ3n) is 4.82. The Kier molecular flexibility index (Phi) is 3.62. The van der Waals surface area contributed by atoms with Crippen LogP contribution in [0.3, 0.4) is 0 Å². The normalized spacial score (nSPS) is 45.6. The van der Waals surface area contributed by atoms with Crippen LogP contribution in [0.15, 0.2) is 0 Å². The Hall–Kier alpha value is 0.530. The lowest BCUT2D eigenvalue weighted by atomic mass is 9.64. The number of hydrogen-bond acceptors (Lipinski definition) is 4. The molecule has 4 rings (SSSR count). The van der Waals surface area contributed by atoms with E-state index in [4.69, 9.17) is 25.4 Å². The van der Waals surface area contributed by atoms with Gasteiger partial charge < -0.3 is 13.6 Å².